The van der Waals surface area contributed by atoms with Gasteiger partial charge in [0.25, 0.3) is 0 Å². The summed E-state index contributed by atoms with van der Waals surface area (Å²) in [6.07, 6.45) is 2.17. The smallest absolute Gasteiger partial charge is 0.322 e. The lowest BCUT2D eigenvalue weighted by Gasteiger charge is -1.84. The van der Waals surface area contributed by atoms with E-state index in [0.717, 1.165) is 19.5 Å². The Hall–Kier alpha value is 0.110. The molecule has 4 nitrogen and oxygen atoms in total. The van der Waals surface area contributed by atoms with Crippen molar-refractivity contribution in [2.24, 2.45) is 0 Å². The number of hydrogen-bond acceptors (Lipinski definition) is 2. The second kappa shape index (κ2) is 3.32. The molecule has 1 aliphatic rings. The molecular weight excluding hydrogens is 143 g/mol. The number of aliphatic hydroxyl groups is 1. The van der Waals surface area contributed by atoms with Gasteiger partial charge in [-0.15, -0.1) is 0 Å². The average molecular weight is 154 g/mol. The topological polar surface area (TPSA) is 77.8 Å². The van der Waals surface area contributed by atoms with Crippen LogP contribution in [0.15, 0.2) is 0 Å². The van der Waals surface area contributed by atoms with Crippen molar-refractivity contribution in [2.75, 3.05) is 6.66 Å². The predicted octanol–water partition coefficient (Wildman–Crippen LogP) is -0.0650. The molecule has 5 heteroatoms. The molecule has 0 amide bonds. The van der Waals surface area contributed by atoms with Gasteiger partial charge in [-0.1, -0.05) is 0 Å². The van der Waals surface area contributed by atoms with E-state index in [9.17, 15) is 4.57 Å². The highest BCUT2D eigenvalue weighted by Gasteiger charge is 2.15. The third-order valence-electron chi connectivity index (χ3n) is 0.547. The fourth-order valence-corrected chi connectivity index (χ4v) is 0.0745. The van der Waals surface area contributed by atoms with Gasteiger partial charge >= 0.3 is 7.60 Å². The number of rotatable bonds is 0. The van der Waals surface area contributed by atoms with E-state index >= 15 is 0 Å². The minimum atomic E-state index is -3.64. The third kappa shape index (κ3) is 31.3. The van der Waals surface area contributed by atoms with Crippen molar-refractivity contribution >= 4 is 7.60 Å². The zero-order chi connectivity index (χ0) is 7.49. The minimum Gasteiger partial charge on any atom is -0.393 e. The summed E-state index contributed by atoms with van der Waals surface area (Å²) in [5, 5.41) is 8.17. The van der Waals surface area contributed by atoms with E-state index < -0.39 is 7.60 Å². The maximum absolute atomic E-state index is 9.33. The molecule has 0 bridgehead atoms. The molecule has 3 N–H and O–H groups in total. The molecule has 0 aromatic rings. The van der Waals surface area contributed by atoms with Crippen LogP contribution in [0.4, 0.5) is 0 Å². The Morgan fingerprint density at radius 1 is 1.44 bits per heavy atom. The highest BCUT2D eigenvalue weighted by molar-refractivity contribution is 7.50. The largest absolute Gasteiger partial charge is 0.393 e. The fraction of sp³-hybridized carbons (Fsp3) is 1.00. The Kier molecular flexibility index (Phi) is 3.36. The lowest BCUT2D eigenvalue weighted by Crippen LogP contribution is -1.65. The van der Waals surface area contributed by atoms with E-state index in [2.05, 4.69) is 0 Å². The first-order chi connectivity index (χ1) is 3.89. The van der Waals surface area contributed by atoms with Crippen molar-refractivity contribution in [3.05, 3.63) is 0 Å². The molecule has 0 heterocycles. The van der Waals surface area contributed by atoms with E-state index in [1.165, 1.54) is 0 Å². The first kappa shape index (κ1) is 9.11. The minimum absolute atomic E-state index is 0.0833. The fourth-order valence-electron chi connectivity index (χ4n) is 0.0745. The van der Waals surface area contributed by atoms with Crippen LogP contribution in [0, 0.1) is 0 Å². The summed E-state index contributed by atoms with van der Waals surface area (Å²) in [4.78, 5) is 15.3. The Labute approximate surface area is 53.7 Å². The van der Waals surface area contributed by atoms with E-state index in [1.807, 2.05) is 0 Å². The summed E-state index contributed by atoms with van der Waals surface area (Å²) in [5.74, 6) is 0. The van der Waals surface area contributed by atoms with Gasteiger partial charge in [-0.05, 0) is 12.8 Å². The zero-order valence-corrected chi connectivity index (χ0v) is 6.08. The second-order valence-electron chi connectivity index (χ2n) is 2.07. The van der Waals surface area contributed by atoms with Gasteiger partial charge in [0.2, 0.25) is 0 Å². The summed E-state index contributed by atoms with van der Waals surface area (Å²) in [7, 11) is -3.64. The van der Waals surface area contributed by atoms with Gasteiger partial charge < -0.3 is 14.9 Å². The maximum Gasteiger partial charge on any atom is 0.322 e. The molecule has 56 valence electrons. The highest BCUT2D eigenvalue weighted by Crippen LogP contribution is 2.26. The molecule has 0 spiro atoms. The Morgan fingerprint density at radius 3 is 1.56 bits per heavy atom. The molecular formula is C4H11O4P. The maximum atomic E-state index is 9.33. The van der Waals surface area contributed by atoms with Crippen molar-refractivity contribution in [3.63, 3.8) is 0 Å². The van der Waals surface area contributed by atoms with Gasteiger partial charge in [0, 0.05) is 6.66 Å². The molecule has 9 heavy (non-hydrogen) atoms. The van der Waals surface area contributed by atoms with Crippen LogP contribution in [0.5, 0.6) is 0 Å². The summed E-state index contributed by atoms with van der Waals surface area (Å²) >= 11 is 0. The van der Waals surface area contributed by atoms with Crippen LogP contribution in [0.3, 0.4) is 0 Å². The average Bonchev–Trinajstić information content (AvgIpc) is 2.13. The molecule has 0 unspecified atom stereocenters. The molecule has 0 aromatic carbocycles. The van der Waals surface area contributed by atoms with Gasteiger partial charge in [0.15, 0.2) is 0 Å². The molecule has 1 rings (SSSR count). The third-order valence-corrected chi connectivity index (χ3v) is 0.547. The Bertz CT molecular complexity index is 105. The van der Waals surface area contributed by atoms with Crippen molar-refractivity contribution in [3.8, 4) is 0 Å². The summed E-state index contributed by atoms with van der Waals surface area (Å²) in [5.41, 5.74) is 0. The first-order valence-electron chi connectivity index (χ1n) is 2.60. The lowest BCUT2D eigenvalue weighted by molar-refractivity contribution is 0.279. The van der Waals surface area contributed by atoms with Crippen molar-refractivity contribution in [1.29, 1.82) is 0 Å². The van der Waals surface area contributed by atoms with Gasteiger partial charge in [0.05, 0.1) is 6.10 Å². The standard InChI is InChI=1S/C3H6O.CH5O3P/c4-3-1-2-3;1-5(2,3)4/h3-4H,1-2H2;1H3,(H2,2,3,4). The second-order valence-corrected chi connectivity index (χ2v) is 3.74. The van der Waals surface area contributed by atoms with Gasteiger partial charge in [-0.3, -0.25) is 4.57 Å². The van der Waals surface area contributed by atoms with Crippen LogP contribution in [0.25, 0.3) is 0 Å². The Balaban J connectivity index is 0.000000144. The van der Waals surface area contributed by atoms with Crippen LogP contribution in [0.2, 0.25) is 0 Å². The molecule has 1 aliphatic carbocycles. The first-order valence-corrected chi connectivity index (χ1v) is 4.66. The lowest BCUT2D eigenvalue weighted by atomic mass is 10.9. The van der Waals surface area contributed by atoms with Gasteiger partial charge in [-0.2, -0.15) is 0 Å². The van der Waals surface area contributed by atoms with Crippen LogP contribution >= 0.6 is 7.60 Å². The molecule has 0 saturated heterocycles. The molecule has 0 atom stereocenters. The van der Waals surface area contributed by atoms with E-state index in [4.69, 9.17) is 14.9 Å². The van der Waals surface area contributed by atoms with Gasteiger partial charge in [-0.25, -0.2) is 0 Å². The predicted molar refractivity (Wildman–Crippen MR) is 33.2 cm³/mol. The molecule has 0 aromatic heterocycles. The molecule has 1 saturated carbocycles. The molecule has 0 radical (unpaired) electrons. The van der Waals surface area contributed by atoms with Crippen molar-refractivity contribution < 1.29 is 19.5 Å². The van der Waals surface area contributed by atoms with Crippen LogP contribution in [-0.4, -0.2) is 27.7 Å². The summed E-state index contributed by atoms with van der Waals surface area (Å²) in [6.45, 7) is 0.854. The highest BCUT2D eigenvalue weighted by atomic mass is 31.2. The summed E-state index contributed by atoms with van der Waals surface area (Å²) < 4.78 is 9.33. The van der Waals surface area contributed by atoms with Crippen LogP contribution in [0.1, 0.15) is 12.8 Å². The van der Waals surface area contributed by atoms with Crippen LogP contribution < -0.4 is 0 Å². The quantitative estimate of drug-likeness (QED) is 0.427. The van der Waals surface area contributed by atoms with Crippen molar-refractivity contribution in [2.45, 2.75) is 18.9 Å². The van der Waals surface area contributed by atoms with Crippen LogP contribution in [-0.2, 0) is 4.57 Å². The monoisotopic (exact) mass is 154 g/mol. The SMILES string of the molecule is CP(=O)(O)O.OC1CC1. The van der Waals surface area contributed by atoms with E-state index in [-0.39, 0.29) is 6.10 Å². The Morgan fingerprint density at radius 2 is 1.56 bits per heavy atom. The molecule has 1 fully saturated rings. The van der Waals surface area contributed by atoms with E-state index in [0.29, 0.717) is 0 Å². The normalized spacial score (nSPS) is 18.2. The van der Waals surface area contributed by atoms with Gasteiger partial charge in [0.1, 0.15) is 0 Å². The number of hydrogen-bond donors (Lipinski definition) is 3. The molecule has 0 aliphatic heterocycles. The van der Waals surface area contributed by atoms with E-state index in [1.54, 1.807) is 0 Å². The number of aliphatic hydroxyl groups excluding tert-OH is 1. The summed E-state index contributed by atoms with van der Waals surface area (Å²) in [6, 6.07) is 0. The van der Waals surface area contributed by atoms with Crippen molar-refractivity contribution in [1.82, 2.24) is 0 Å². The zero-order valence-electron chi connectivity index (χ0n) is 5.19.